The number of sulfonamides is 1. The van der Waals surface area contributed by atoms with Crippen LogP contribution in [0.5, 0.6) is 0 Å². The molecule has 0 atom stereocenters. The van der Waals surface area contributed by atoms with Gasteiger partial charge in [0.25, 0.3) is 5.91 Å². The maximum absolute atomic E-state index is 12.0. The molecule has 6 nitrogen and oxygen atoms in total. The maximum atomic E-state index is 12.0. The lowest BCUT2D eigenvalue weighted by molar-refractivity contribution is 0.0995. The molecule has 0 fully saturated rings. The van der Waals surface area contributed by atoms with Gasteiger partial charge in [0.05, 0.1) is 10.6 Å². The lowest BCUT2D eigenvalue weighted by atomic mass is 10.3. The minimum absolute atomic E-state index is 0.133. The Kier molecular flexibility index (Phi) is 5.28. The molecule has 0 aliphatic heterocycles. The molecule has 2 aromatic rings. The van der Waals surface area contributed by atoms with Crippen LogP contribution in [0.1, 0.15) is 16.3 Å². The normalized spacial score (nSPS) is 11.4. The average Bonchev–Trinajstić information content (AvgIpc) is 2.97. The highest BCUT2D eigenvalue weighted by atomic mass is 32.2. The van der Waals surface area contributed by atoms with Gasteiger partial charge in [-0.15, -0.1) is 0 Å². The highest BCUT2D eigenvalue weighted by Crippen LogP contribution is 2.17. The summed E-state index contributed by atoms with van der Waals surface area (Å²) in [5.74, 6) is 1.27. The number of amides is 1. The zero-order valence-corrected chi connectivity index (χ0v) is 13.8. The Morgan fingerprint density at radius 3 is 2.45 bits per heavy atom. The topological polar surface area (TPSA) is 88.4 Å². The van der Waals surface area contributed by atoms with Crippen molar-refractivity contribution in [1.29, 1.82) is 0 Å². The van der Waals surface area contributed by atoms with E-state index in [1.54, 1.807) is 23.9 Å². The summed E-state index contributed by atoms with van der Waals surface area (Å²) < 4.78 is 30.9. The summed E-state index contributed by atoms with van der Waals surface area (Å²) in [6.07, 6.45) is 1.95. The molecule has 118 valence electrons. The summed E-state index contributed by atoms with van der Waals surface area (Å²) in [5.41, 5.74) is 0.489. The van der Waals surface area contributed by atoms with Crippen LogP contribution in [0.2, 0.25) is 0 Å². The average molecular weight is 340 g/mol. The smallest absolute Gasteiger partial charge is 0.291 e. The summed E-state index contributed by atoms with van der Waals surface area (Å²) >= 11 is 1.60. The molecule has 0 spiro atoms. The van der Waals surface area contributed by atoms with Crippen molar-refractivity contribution in [3.05, 3.63) is 47.9 Å². The van der Waals surface area contributed by atoms with Crippen molar-refractivity contribution >= 4 is 33.4 Å². The molecular weight excluding hydrogens is 324 g/mol. The van der Waals surface area contributed by atoms with Crippen molar-refractivity contribution in [2.24, 2.45) is 0 Å². The van der Waals surface area contributed by atoms with Gasteiger partial charge in [0.15, 0.2) is 5.76 Å². The van der Waals surface area contributed by atoms with Gasteiger partial charge in [0.2, 0.25) is 10.0 Å². The van der Waals surface area contributed by atoms with Gasteiger partial charge in [0.1, 0.15) is 5.76 Å². The Labute approximate surface area is 133 Å². The maximum Gasteiger partial charge on any atom is 0.291 e. The van der Waals surface area contributed by atoms with Crippen LogP contribution >= 0.6 is 11.8 Å². The van der Waals surface area contributed by atoms with Crippen molar-refractivity contribution in [2.75, 3.05) is 18.6 Å². The lowest BCUT2D eigenvalue weighted by Crippen LogP contribution is -2.18. The van der Waals surface area contributed by atoms with Crippen LogP contribution in [0, 0.1) is 0 Å². The molecule has 1 heterocycles. The second-order valence-corrected chi connectivity index (χ2v) is 7.14. The fraction of sp³-hybridized carbons (Fsp3) is 0.214. The number of rotatable bonds is 6. The minimum Gasteiger partial charge on any atom is -0.455 e. The van der Waals surface area contributed by atoms with Crippen molar-refractivity contribution in [3.63, 3.8) is 0 Å². The van der Waals surface area contributed by atoms with E-state index >= 15 is 0 Å². The number of anilines is 1. The first kappa shape index (κ1) is 16.6. The van der Waals surface area contributed by atoms with Gasteiger partial charge in [-0.2, -0.15) is 11.8 Å². The Bertz CT molecular complexity index is 751. The first-order chi connectivity index (χ1) is 10.5. The molecule has 0 unspecified atom stereocenters. The number of benzene rings is 1. The predicted octanol–water partition coefficient (Wildman–Crippen LogP) is 2.30. The Morgan fingerprint density at radius 1 is 1.18 bits per heavy atom. The van der Waals surface area contributed by atoms with E-state index in [1.807, 2.05) is 6.26 Å². The summed E-state index contributed by atoms with van der Waals surface area (Å²) in [6.45, 7) is 0. The van der Waals surface area contributed by atoms with Gasteiger partial charge in [-0.25, -0.2) is 13.1 Å². The van der Waals surface area contributed by atoms with Crippen LogP contribution in [0.4, 0.5) is 5.69 Å². The highest BCUT2D eigenvalue weighted by Gasteiger charge is 2.13. The van der Waals surface area contributed by atoms with Crippen LogP contribution in [-0.4, -0.2) is 27.6 Å². The predicted molar refractivity (Wildman–Crippen MR) is 86.6 cm³/mol. The number of hydrogen-bond donors (Lipinski definition) is 2. The first-order valence-electron chi connectivity index (χ1n) is 6.39. The quantitative estimate of drug-likeness (QED) is 0.842. The zero-order chi connectivity index (χ0) is 16.2. The molecule has 22 heavy (non-hydrogen) atoms. The third-order valence-corrected chi connectivity index (χ3v) is 4.87. The largest absolute Gasteiger partial charge is 0.455 e. The van der Waals surface area contributed by atoms with E-state index in [1.165, 1.54) is 31.3 Å². The summed E-state index contributed by atoms with van der Waals surface area (Å²) in [4.78, 5) is 12.2. The van der Waals surface area contributed by atoms with Gasteiger partial charge < -0.3 is 9.73 Å². The van der Waals surface area contributed by atoms with Crippen molar-refractivity contribution in [3.8, 4) is 0 Å². The van der Waals surface area contributed by atoms with Gasteiger partial charge in [-0.1, -0.05) is 0 Å². The van der Waals surface area contributed by atoms with E-state index in [0.717, 1.165) is 5.76 Å². The summed E-state index contributed by atoms with van der Waals surface area (Å²) in [7, 11) is -2.14. The molecule has 2 rings (SSSR count). The van der Waals surface area contributed by atoms with Crippen LogP contribution in [0.15, 0.2) is 45.7 Å². The molecule has 1 aromatic carbocycles. The third-order valence-electron chi connectivity index (χ3n) is 2.86. The Balaban J connectivity index is 2.08. The molecule has 0 radical (unpaired) electrons. The fourth-order valence-electron chi connectivity index (χ4n) is 1.75. The van der Waals surface area contributed by atoms with Crippen molar-refractivity contribution in [2.45, 2.75) is 10.6 Å². The van der Waals surface area contributed by atoms with E-state index in [2.05, 4.69) is 10.0 Å². The number of hydrogen-bond acceptors (Lipinski definition) is 5. The van der Waals surface area contributed by atoms with Gasteiger partial charge in [-0.3, -0.25) is 4.79 Å². The molecule has 0 aliphatic rings. The van der Waals surface area contributed by atoms with Gasteiger partial charge in [-0.05, 0) is 49.7 Å². The van der Waals surface area contributed by atoms with E-state index < -0.39 is 10.0 Å². The van der Waals surface area contributed by atoms with Gasteiger partial charge in [0, 0.05) is 5.69 Å². The molecule has 8 heteroatoms. The number of nitrogens with one attached hydrogen (secondary N) is 2. The highest BCUT2D eigenvalue weighted by molar-refractivity contribution is 7.97. The first-order valence-corrected chi connectivity index (χ1v) is 9.26. The van der Waals surface area contributed by atoms with Crippen LogP contribution in [-0.2, 0) is 15.8 Å². The monoisotopic (exact) mass is 340 g/mol. The Hall–Kier alpha value is -1.77. The minimum atomic E-state index is -3.48. The molecule has 0 saturated carbocycles. The third kappa shape index (κ3) is 3.90. The molecule has 0 bridgehead atoms. The second kappa shape index (κ2) is 6.99. The summed E-state index contributed by atoms with van der Waals surface area (Å²) in [6, 6.07) is 9.25. The molecule has 2 N–H and O–H groups in total. The van der Waals surface area contributed by atoms with Crippen molar-refractivity contribution in [1.82, 2.24) is 4.72 Å². The lowest BCUT2D eigenvalue weighted by Gasteiger charge is -2.05. The SMILES string of the molecule is CNS(=O)(=O)c1ccc(NC(=O)c2ccc(CSC)o2)cc1. The number of carbonyl (C=O) groups is 1. The summed E-state index contributed by atoms with van der Waals surface area (Å²) in [5, 5.41) is 2.66. The fourth-order valence-corrected chi connectivity index (χ4v) is 2.92. The molecule has 0 saturated heterocycles. The van der Waals surface area contributed by atoms with Crippen LogP contribution in [0.3, 0.4) is 0 Å². The molecule has 0 aliphatic carbocycles. The van der Waals surface area contributed by atoms with E-state index in [0.29, 0.717) is 11.4 Å². The standard InChI is InChI=1S/C14H16N2O4S2/c1-15-22(18,19)12-6-3-10(4-7-12)16-14(17)13-8-5-11(20-13)9-21-2/h3-8,15H,9H2,1-2H3,(H,16,17). The number of furan rings is 1. The molecule has 1 amide bonds. The van der Waals surface area contributed by atoms with Gasteiger partial charge >= 0.3 is 0 Å². The zero-order valence-electron chi connectivity index (χ0n) is 12.1. The molecular formula is C14H16N2O4S2. The van der Waals surface area contributed by atoms with E-state index in [-0.39, 0.29) is 16.6 Å². The van der Waals surface area contributed by atoms with E-state index in [9.17, 15) is 13.2 Å². The Morgan fingerprint density at radius 2 is 1.86 bits per heavy atom. The molecule has 1 aromatic heterocycles. The number of carbonyl (C=O) groups excluding carboxylic acids is 1. The van der Waals surface area contributed by atoms with Crippen LogP contribution in [0.25, 0.3) is 0 Å². The number of thioether (sulfide) groups is 1. The van der Waals surface area contributed by atoms with Crippen LogP contribution < -0.4 is 10.0 Å². The van der Waals surface area contributed by atoms with Crippen molar-refractivity contribution < 1.29 is 17.6 Å². The second-order valence-electron chi connectivity index (χ2n) is 4.39. The van der Waals surface area contributed by atoms with E-state index in [4.69, 9.17) is 4.42 Å².